The summed E-state index contributed by atoms with van der Waals surface area (Å²) < 4.78 is 22.8. The van der Waals surface area contributed by atoms with Gasteiger partial charge in [-0.2, -0.15) is 0 Å². The topological polar surface area (TPSA) is 92.3 Å². The van der Waals surface area contributed by atoms with Gasteiger partial charge in [-0.3, -0.25) is 4.79 Å². The minimum Gasteiger partial charge on any atom is -0.372 e. The van der Waals surface area contributed by atoms with Crippen LogP contribution in [0.4, 0.5) is 5.82 Å². The van der Waals surface area contributed by atoms with Crippen molar-refractivity contribution in [1.82, 2.24) is 14.9 Å². The van der Waals surface area contributed by atoms with Gasteiger partial charge in [-0.25, -0.2) is 18.4 Å². The van der Waals surface area contributed by atoms with E-state index in [0.29, 0.717) is 12.2 Å². The Bertz CT molecular complexity index is 570. The van der Waals surface area contributed by atoms with Crippen molar-refractivity contribution in [2.45, 2.75) is 12.5 Å². The van der Waals surface area contributed by atoms with Gasteiger partial charge in [0.1, 0.15) is 11.5 Å². The van der Waals surface area contributed by atoms with Gasteiger partial charge in [0.25, 0.3) is 5.91 Å². The zero-order chi connectivity index (χ0) is 14.0. The number of hydrogen-bond donors (Lipinski definition) is 1. The monoisotopic (exact) mass is 284 g/mol. The van der Waals surface area contributed by atoms with E-state index in [4.69, 9.17) is 0 Å². The van der Waals surface area contributed by atoms with Gasteiger partial charge in [-0.15, -0.1) is 0 Å². The van der Waals surface area contributed by atoms with Gasteiger partial charge >= 0.3 is 0 Å². The van der Waals surface area contributed by atoms with E-state index in [1.54, 1.807) is 14.1 Å². The van der Waals surface area contributed by atoms with Crippen molar-refractivity contribution < 1.29 is 13.2 Å². The maximum absolute atomic E-state index is 12.2. The van der Waals surface area contributed by atoms with E-state index in [1.807, 2.05) is 0 Å². The van der Waals surface area contributed by atoms with Crippen molar-refractivity contribution in [2.75, 3.05) is 30.9 Å². The van der Waals surface area contributed by atoms with Crippen molar-refractivity contribution in [2.24, 2.45) is 0 Å². The molecular weight excluding hydrogens is 268 g/mol. The number of aromatic nitrogens is 2. The molecule has 0 aromatic carbocycles. The van der Waals surface area contributed by atoms with E-state index in [2.05, 4.69) is 15.3 Å². The molecular formula is C11H16N4O3S. The van der Waals surface area contributed by atoms with Crippen LogP contribution in [0.2, 0.25) is 0 Å². The molecule has 1 aromatic rings. The molecule has 0 saturated carbocycles. The number of amides is 1. The van der Waals surface area contributed by atoms with Crippen LogP contribution in [0.25, 0.3) is 0 Å². The molecule has 1 atom stereocenters. The molecule has 104 valence electrons. The normalized spacial score (nSPS) is 21.1. The molecule has 1 amide bonds. The Labute approximate surface area is 112 Å². The molecule has 0 spiro atoms. The lowest BCUT2D eigenvalue weighted by Gasteiger charge is -2.22. The fourth-order valence-electron chi connectivity index (χ4n) is 1.99. The summed E-state index contributed by atoms with van der Waals surface area (Å²) in [6, 6.07) is -0.275. The third-order valence-electron chi connectivity index (χ3n) is 3.20. The number of nitrogens with zero attached hydrogens (tertiary/aromatic N) is 3. The largest absolute Gasteiger partial charge is 0.372 e. The van der Waals surface area contributed by atoms with E-state index in [-0.39, 0.29) is 29.1 Å². The Kier molecular flexibility index (Phi) is 3.70. The first-order valence-corrected chi connectivity index (χ1v) is 7.72. The van der Waals surface area contributed by atoms with Gasteiger partial charge < -0.3 is 10.2 Å². The summed E-state index contributed by atoms with van der Waals surface area (Å²) in [5.41, 5.74) is 0.214. The predicted molar refractivity (Wildman–Crippen MR) is 70.7 cm³/mol. The van der Waals surface area contributed by atoms with E-state index in [1.165, 1.54) is 17.3 Å². The van der Waals surface area contributed by atoms with Crippen LogP contribution in [0, 0.1) is 0 Å². The van der Waals surface area contributed by atoms with Crippen molar-refractivity contribution in [1.29, 1.82) is 0 Å². The van der Waals surface area contributed by atoms with E-state index < -0.39 is 9.84 Å². The first-order valence-electron chi connectivity index (χ1n) is 5.90. The Morgan fingerprint density at radius 3 is 2.63 bits per heavy atom. The summed E-state index contributed by atoms with van der Waals surface area (Å²) >= 11 is 0. The van der Waals surface area contributed by atoms with Crippen LogP contribution in [-0.2, 0) is 9.84 Å². The average Bonchev–Trinajstić information content (AvgIpc) is 2.77. The van der Waals surface area contributed by atoms with Crippen LogP contribution in [0.15, 0.2) is 12.4 Å². The van der Waals surface area contributed by atoms with E-state index in [9.17, 15) is 13.2 Å². The minimum absolute atomic E-state index is 0.0251. The average molecular weight is 284 g/mol. The van der Waals surface area contributed by atoms with Crippen molar-refractivity contribution >= 4 is 21.6 Å². The van der Waals surface area contributed by atoms with E-state index in [0.717, 1.165) is 0 Å². The minimum atomic E-state index is -3.01. The summed E-state index contributed by atoms with van der Waals surface area (Å²) in [6.45, 7) is 0. The first-order chi connectivity index (χ1) is 8.93. The number of carbonyl (C=O) groups is 1. The molecule has 1 fully saturated rings. The molecule has 7 nitrogen and oxygen atoms in total. The van der Waals surface area contributed by atoms with Crippen molar-refractivity contribution in [3.63, 3.8) is 0 Å². The number of anilines is 1. The SMILES string of the molecule is CNc1cnc(C(=O)N(C)C2CCS(=O)(=O)C2)cn1. The quantitative estimate of drug-likeness (QED) is 0.825. The Balaban J connectivity index is 2.10. The Hall–Kier alpha value is -1.70. The lowest BCUT2D eigenvalue weighted by Crippen LogP contribution is -2.38. The second-order valence-corrected chi connectivity index (χ2v) is 6.74. The van der Waals surface area contributed by atoms with Gasteiger partial charge in [0.15, 0.2) is 9.84 Å². The van der Waals surface area contributed by atoms with Crippen LogP contribution in [-0.4, -0.2) is 60.8 Å². The fraction of sp³-hybridized carbons (Fsp3) is 0.545. The molecule has 0 aliphatic carbocycles. The maximum atomic E-state index is 12.2. The summed E-state index contributed by atoms with van der Waals surface area (Å²) in [5, 5.41) is 2.81. The Morgan fingerprint density at radius 1 is 1.42 bits per heavy atom. The zero-order valence-corrected chi connectivity index (χ0v) is 11.6. The summed E-state index contributed by atoms with van der Waals surface area (Å²) in [7, 11) is 0.301. The zero-order valence-electron chi connectivity index (χ0n) is 10.8. The highest BCUT2D eigenvalue weighted by atomic mass is 32.2. The molecule has 2 rings (SSSR count). The molecule has 1 aliphatic heterocycles. The third-order valence-corrected chi connectivity index (χ3v) is 4.95. The smallest absolute Gasteiger partial charge is 0.274 e. The molecule has 1 saturated heterocycles. The lowest BCUT2D eigenvalue weighted by atomic mass is 10.2. The lowest BCUT2D eigenvalue weighted by molar-refractivity contribution is 0.0741. The number of sulfone groups is 1. The number of nitrogens with one attached hydrogen (secondary N) is 1. The predicted octanol–water partition coefficient (Wildman–Crippen LogP) is -0.223. The molecule has 0 radical (unpaired) electrons. The van der Waals surface area contributed by atoms with Crippen LogP contribution in [0.1, 0.15) is 16.9 Å². The highest BCUT2D eigenvalue weighted by Crippen LogP contribution is 2.18. The van der Waals surface area contributed by atoms with Gasteiger partial charge in [0.2, 0.25) is 0 Å². The second kappa shape index (κ2) is 5.12. The van der Waals surface area contributed by atoms with Crippen molar-refractivity contribution in [3.8, 4) is 0 Å². The molecule has 1 N–H and O–H groups in total. The highest BCUT2D eigenvalue weighted by molar-refractivity contribution is 7.91. The second-order valence-electron chi connectivity index (χ2n) is 4.51. The van der Waals surface area contributed by atoms with Gasteiger partial charge in [-0.05, 0) is 6.42 Å². The molecule has 0 bridgehead atoms. The van der Waals surface area contributed by atoms with Crippen LogP contribution in [0.3, 0.4) is 0 Å². The fourth-order valence-corrected chi connectivity index (χ4v) is 3.77. The van der Waals surface area contributed by atoms with E-state index >= 15 is 0 Å². The van der Waals surface area contributed by atoms with Gasteiger partial charge in [0.05, 0.1) is 23.9 Å². The summed E-state index contributed by atoms with van der Waals surface area (Å²) in [6.07, 6.45) is 3.33. The highest BCUT2D eigenvalue weighted by Gasteiger charge is 2.33. The van der Waals surface area contributed by atoms with Crippen LogP contribution < -0.4 is 5.32 Å². The number of hydrogen-bond acceptors (Lipinski definition) is 6. The molecule has 1 unspecified atom stereocenters. The maximum Gasteiger partial charge on any atom is 0.274 e. The third kappa shape index (κ3) is 3.01. The summed E-state index contributed by atoms with van der Waals surface area (Å²) in [4.78, 5) is 21.6. The molecule has 2 heterocycles. The molecule has 19 heavy (non-hydrogen) atoms. The number of rotatable bonds is 3. The summed E-state index contributed by atoms with van der Waals surface area (Å²) in [5.74, 6) is 0.427. The van der Waals surface area contributed by atoms with Crippen molar-refractivity contribution in [3.05, 3.63) is 18.1 Å². The molecule has 1 aliphatic rings. The van der Waals surface area contributed by atoms with Crippen LogP contribution >= 0.6 is 0 Å². The van der Waals surface area contributed by atoms with Gasteiger partial charge in [-0.1, -0.05) is 0 Å². The molecule has 1 aromatic heterocycles. The standard InChI is InChI=1S/C11H16N4O3S/c1-12-10-6-13-9(5-14-10)11(16)15(2)8-3-4-19(17,18)7-8/h5-6,8H,3-4,7H2,1-2H3,(H,12,14). The first kappa shape index (κ1) is 13.7. The van der Waals surface area contributed by atoms with Crippen LogP contribution in [0.5, 0.6) is 0 Å². The number of carbonyl (C=O) groups excluding carboxylic acids is 1. The molecule has 8 heteroatoms. The Morgan fingerprint density at radius 2 is 2.16 bits per heavy atom. The van der Waals surface area contributed by atoms with Gasteiger partial charge in [0, 0.05) is 20.1 Å².